The zero-order valence-electron chi connectivity index (χ0n) is 15.8. The molecule has 25 heavy (non-hydrogen) atoms. The standard InChI is InChI=1S/C20H28N4S/c1-15-8-9-19(16(2)13-15)22-20(25)24(12-11-23(4)5)17(3)18-7-6-10-21-14-18/h6-10,13-14,17H,11-12H2,1-5H3,(H,22,25)/t17-/m0/s1. The Morgan fingerprint density at radius 3 is 2.56 bits per heavy atom. The number of benzene rings is 1. The van der Waals surface area contributed by atoms with Gasteiger partial charge in [0.1, 0.15) is 0 Å². The number of aryl methyl sites for hydroxylation is 2. The van der Waals surface area contributed by atoms with Crippen molar-refractivity contribution in [2.45, 2.75) is 26.8 Å². The number of nitrogens with zero attached hydrogens (tertiary/aromatic N) is 3. The SMILES string of the molecule is Cc1ccc(NC(=S)N(CCN(C)C)[C@@H](C)c2cccnc2)c(C)c1. The van der Waals surface area contributed by atoms with Crippen LogP contribution in [0.1, 0.15) is 29.7 Å². The molecule has 134 valence electrons. The first kappa shape index (κ1) is 19.3. The highest BCUT2D eigenvalue weighted by atomic mass is 32.1. The van der Waals surface area contributed by atoms with Crippen molar-refractivity contribution in [2.24, 2.45) is 0 Å². The molecule has 2 rings (SSSR count). The number of anilines is 1. The van der Waals surface area contributed by atoms with Gasteiger partial charge >= 0.3 is 0 Å². The number of pyridine rings is 1. The summed E-state index contributed by atoms with van der Waals surface area (Å²) in [6.45, 7) is 8.15. The lowest BCUT2D eigenvalue weighted by atomic mass is 10.1. The molecule has 4 nitrogen and oxygen atoms in total. The normalized spacial score (nSPS) is 12.1. The lowest BCUT2D eigenvalue weighted by molar-refractivity contribution is 0.289. The van der Waals surface area contributed by atoms with Gasteiger partial charge in [-0.3, -0.25) is 4.98 Å². The van der Waals surface area contributed by atoms with Gasteiger partial charge in [0.25, 0.3) is 0 Å². The number of aromatic nitrogens is 1. The van der Waals surface area contributed by atoms with E-state index in [0.717, 1.165) is 29.5 Å². The number of hydrogen-bond donors (Lipinski definition) is 1. The Bertz CT molecular complexity index is 700. The first-order valence-electron chi connectivity index (χ1n) is 8.58. The molecule has 1 N–H and O–H groups in total. The van der Waals surface area contributed by atoms with E-state index in [1.165, 1.54) is 11.1 Å². The van der Waals surface area contributed by atoms with Gasteiger partial charge in [0.05, 0.1) is 6.04 Å². The van der Waals surface area contributed by atoms with Crippen LogP contribution in [0, 0.1) is 13.8 Å². The number of thiocarbonyl (C=S) groups is 1. The second-order valence-electron chi connectivity index (χ2n) is 6.71. The van der Waals surface area contributed by atoms with Crippen molar-refractivity contribution in [3.8, 4) is 0 Å². The molecule has 0 saturated carbocycles. The summed E-state index contributed by atoms with van der Waals surface area (Å²) in [5.41, 5.74) is 4.67. The minimum atomic E-state index is 0.152. The summed E-state index contributed by atoms with van der Waals surface area (Å²) in [6.07, 6.45) is 3.71. The minimum absolute atomic E-state index is 0.152. The fourth-order valence-corrected chi connectivity index (χ4v) is 3.08. The molecule has 0 spiro atoms. The van der Waals surface area contributed by atoms with Crippen molar-refractivity contribution < 1.29 is 0 Å². The monoisotopic (exact) mass is 356 g/mol. The average Bonchev–Trinajstić information content (AvgIpc) is 2.58. The fourth-order valence-electron chi connectivity index (χ4n) is 2.72. The summed E-state index contributed by atoms with van der Waals surface area (Å²) in [5, 5.41) is 4.17. The van der Waals surface area contributed by atoms with Gasteiger partial charge in [-0.15, -0.1) is 0 Å². The summed E-state index contributed by atoms with van der Waals surface area (Å²) in [6, 6.07) is 10.6. The van der Waals surface area contributed by atoms with Gasteiger partial charge < -0.3 is 15.1 Å². The first-order valence-corrected chi connectivity index (χ1v) is 8.99. The maximum absolute atomic E-state index is 5.75. The van der Waals surface area contributed by atoms with Crippen LogP contribution in [0.5, 0.6) is 0 Å². The Morgan fingerprint density at radius 2 is 1.96 bits per heavy atom. The maximum atomic E-state index is 5.75. The number of rotatable bonds is 6. The molecule has 0 amide bonds. The van der Waals surface area contributed by atoms with Crippen LogP contribution < -0.4 is 5.32 Å². The summed E-state index contributed by atoms with van der Waals surface area (Å²) in [7, 11) is 4.15. The predicted octanol–water partition coefficient (Wildman–Crippen LogP) is 4.02. The highest BCUT2D eigenvalue weighted by Crippen LogP contribution is 2.22. The third-order valence-corrected chi connectivity index (χ3v) is 4.64. The van der Waals surface area contributed by atoms with Gasteiger partial charge in [0.2, 0.25) is 0 Å². The van der Waals surface area contributed by atoms with E-state index in [-0.39, 0.29) is 6.04 Å². The molecule has 0 aliphatic heterocycles. The Balaban J connectivity index is 2.20. The zero-order chi connectivity index (χ0) is 18.4. The molecule has 1 aromatic heterocycles. The largest absolute Gasteiger partial charge is 0.341 e. The quantitative estimate of drug-likeness (QED) is 0.790. The zero-order valence-corrected chi connectivity index (χ0v) is 16.6. The summed E-state index contributed by atoms with van der Waals surface area (Å²) < 4.78 is 0. The van der Waals surface area contributed by atoms with Crippen molar-refractivity contribution in [1.29, 1.82) is 0 Å². The lowest BCUT2D eigenvalue weighted by Crippen LogP contribution is -2.41. The second kappa shape index (κ2) is 8.92. The van der Waals surface area contributed by atoms with E-state index in [4.69, 9.17) is 12.2 Å². The lowest BCUT2D eigenvalue weighted by Gasteiger charge is -2.33. The van der Waals surface area contributed by atoms with Gasteiger partial charge in [0.15, 0.2) is 5.11 Å². The maximum Gasteiger partial charge on any atom is 0.173 e. The van der Waals surface area contributed by atoms with Crippen molar-refractivity contribution in [3.63, 3.8) is 0 Å². The van der Waals surface area contributed by atoms with Crippen molar-refractivity contribution in [1.82, 2.24) is 14.8 Å². The van der Waals surface area contributed by atoms with Gasteiger partial charge in [-0.2, -0.15) is 0 Å². The van der Waals surface area contributed by atoms with Crippen LogP contribution in [-0.4, -0.2) is 47.1 Å². The molecule has 0 radical (unpaired) electrons. The topological polar surface area (TPSA) is 31.4 Å². The number of hydrogen-bond acceptors (Lipinski definition) is 3. The van der Waals surface area contributed by atoms with Crippen molar-refractivity contribution in [2.75, 3.05) is 32.5 Å². The molecule has 0 fully saturated rings. The number of nitrogens with one attached hydrogen (secondary N) is 1. The minimum Gasteiger partial charge on any atom is -0.341 e. The van der Waals surface area contributed by atoms with E-state index in [2.05, 4.69) is 79.2 Å². The van der Waals surface area contributed by atoms with E-state index in [0.29, 0.717) is 0 Å². The second-order valence-corrected chi connectivity index (χ2v) is 7.09. The molecule has 0 unspecified atom stereocenters. The van der Waals surface area contributed by atoms with Crippen molar-refractivity contribution in [3.05, 3.63) is 59.4 Å². The Hall–Kier alpha value is -1.98. The predicted molar refractivity (Wildman–Crippen MR) is 110 cm³/mol. The molecule has 5 heteroatoms. The Labute approximate surface area is 156 Å². The van der Waals surface area contributed by atoms with Crippen LogP contribution in [-0.2, 0) is 0 Å². The molecule has 0 aliphatic rings. The molecule has 2 aromatic rings. The van der Waals surface area contributed by atoms with E-state index in [9.17, 15) is 0 Å². The summed E-state index contributed by atoms with van der Waals surface area (Å²) >= 11 is 5.75. The van der Waals surface area contributed by atoms with Gasteiger partial charge in [0, 0.05) is 31.2 Å². The fraction of sp³-hybridized carbons (Fsp3) is 0.400. The van der Waals surface area contributed by atoms with Gasteiger partial charge in [-0.05, 0) is 70.3 Å². The van der Waals surface area contributed by atoms with Crippen LogP contribution in [0.3, 0.4) is 0 Å². The molecule has 1 aromatic carbocycles. The third kappa shape index (κ3) is 5.51. The van der Waals surface area contributed by atoms with E-state index < -0.39 is 0 Å². The van der Waals surface area contributed by atoms with Crippen LogP contribution in [0.25, 0.3) is 0 Å². The molecule has 0 saturated heterocycles. The van der Waals surface area contributed by atoms with E-state index >= 15 is 0 Å². The summed E-state index contributed by atoms with van der Waals surface area (Å²) in [5.74, 6) is 0. The van der Waals surface area contributed by atoms with Crippen LogP contribution in [0.15, 0.2) is 42.7 Å². The molecule has 0 aliphatic carbocycles. The van der Waals surface area contributed by atoms with Gasteiger partial charge in [-0.25, -0.2) is 0 Å². The Kier molecular flexibility index (Phi) is 6.91. The van der Waals surface area contributed by atoms with Crippen LogP contribution in [0.4, 0.5) is 5.69 Å². The molecule has 0 bridgehead atoms. The van der Waals surface area contributed by atoms with Crippen molar-refractivity contribution >= 4 is 23.0 Å². The Morgan fingerprint density at radius 1 is 1.20 bits per heavy atom. The van der Waals surface area contributed by atoms with E-state index in [1.54, 1.807) is 6.20 Å². The number of likely N-dealkylation sites (N-methyl/N-ethyl adjacent to an activating group) is 1. The third-order valence-electron chi connectivity index (χ3n) is 4.31. The molecular weight excluding hydrogens is 328 g/mol. The van der Waals surface area contributed by atoms with Crippen LogP contribution in [0.2, 0.25) is 0 Å². The van der Waals surface area contributed by atoms with E-state index in [1.807, 2.05) is 12.3 Å². The first-order chi connectivity index (χ1) is 11.9. The smallest absolute Gasteiger partial charge is 0.173 e. The van der Waals surface area contributed by atoms with Crippen LogP contribution >= 0.6 is 12.2 Å². The highest BCUT2D eigenvalue weighted by Gasteiger charge is 2.19. The highest BCUT2D eigenvalue weighted by molar-refractivity contribution is 7.80. The molecule has 1 heterocycles. The van der Waals surface area contributed by atoms with Gasteiger partial charge in [-0.1, -0.05) is 23.8 Å². The molecule has 1 atom stereocenters. The average molecular weight is 357 g/mol. The summed E-state index contributed by atoms with van der Waals surface area (Å²) in [4.78, 5) is 8.65. The molecular formula is C20H28N4S.